The molecule has 3 rings (SSSR count). The molecule has 0 aliphatic carbocycles. The molecule has 0 fully saturated rings. The fourth-order valence-electron chi connectivity index (χ4n) is 1.82. The summed E-state index contributed by atoms with van der Waals surface area (Å²) in [6.45, 7) is 0. The Kier molecular flexibility index (Phi) is 1.71. The van der Waals surface area contributed by atoms with Gasteiger partial charge in [-0.3, -0.25) is 4.99 Å². The molecule has 0 amide bonds. The molecule has 78 valence electrons. The molecule has 1 aromatic carbocycles. The summed E-state index contributed by atoms with van der Waals surface area (Å²) in [5.74, 6) is -0.963. The van der Waals surface area contributed by atoms with Gasteiger partial charge in [-0.2, -0.15) is 0 Å². The molecule has 1 aliphatic heterocycles. The Hall–Kier alpha value is -2.36. The van der Waals surface area contributed by atoms with Crippen molar-refractivity contribution in [2.75, 3.05) is 0 Å². The predicted molar refractivity (Wildman–Crippen MR) is 59.8 cm³/mol. The molecule has 0 saturated heterocycles. The predicted octanol–water partition coefficient (Wildman–Crippen LogP) is 2.53. The molecule has 1 N–H and O–H groups in total. The van der Waals surface area contributed by atoms with Gasteiger partial charge >= 0.3 is 5.97 Å². The van der Waals surface area contributed by atoms with Crippen molar-refractivity contribution >= 4 is 29.2 Å². The number of benzene rings is 1. The monoisotopic (exact) mass is 213 g/mol. The fraction of sp³-hybridized carbons (Fsp3) is 0. The normalized spacial score (nSPS) is 13.0. The van der Waals surface area contributed by atoms with Crippen LogP contribution in [0.1, 0.15) is 21.5 Å². The Morgan fingerprint density at radius 2 is 2.19 bits per heavy atom. The second kappa shape index (κ2) is 3.06. The van der Waals surface area contributed by atoms with Crippen molar-refractivity contribution in [3.8, 4) is 0 Å². The number of aliphatic imine (C=N–C) groups is 1. The number of hydrogen-bond acceptors (Lipinski definition) is 3. The minimum Gasteiger partial charge on any atom is -0.478 e. The SMILES string of the molecule is O=C(O)c1cc2c3c(coc3c1)C=NC=C2. The molecule has 4 nitrogen and oxygen atoms in total. The van der Waals surface area contributed by atoms with E-state index >= 15 is 0 Å². The smallest absolute Gasteiger partial charge is 0.335 e. The van der Waals surface area contributed by atoms with Gasteiger partial charge in [-0.05, 0) is 23.8 Å². The van der Waals surface area contributed by atoms with Crippen LogP contribution >= 0.6 is 0 Å². The Labute approximate surface area is 90.5 Å². The first-order valence-corrected chi connectivity index (χ1v) is 4.74. The summed E-state index contributed by atoms with van der Waals surface area (Å²) in [7, 11) is 0. The van der Waals surface area contributed by atoms with Crippen molar-refractivity contribution in [1.82, 2.24) is 0 Å². The lowest BCUT2D eigenvalue weighted by atomic mass is 10.0. The molecule has 0 spiro atoms. The van der Waals surface area contributed by atoms with Crippen LogP contribution in [-0.4, -0.2) is 17.3 Å². The van der Waals surface area contributed by atoms with Crippen LogP contribution in [-0.2, 0) is 0 Å². The minimum atomic E-state index is -0.963. The molecule has 0 radical (unpaired) electrons. The molecule has 1 aliphatic rings. The summed E-state index contributed by atoms with van der Waals surface area (Å²) in [4.78, 5) is 15.0. The zero-order valence-corrected chi connectivity index (χ0v) is 8.18. The molecule has 2 aromatic rings. The van der Waals surface area contributed by atoms with Crippen LogP contribution in [0.5, 0.6) is 0 Å². The van der Waals surface area contributed by atoms with Crippen molar-refractivity contribution in [1.29, 1.82) is 0 Å². The molecule has 4 heteroatoms. The van der Waals surface area contributed by atoms with Crippen molar-refractivity contribution in [2.45, 2.75) is 0 Å². The number of carboxylic acids is 1. The fourth-order valence-corrected chi connectivity index (χ4v) is 1.82. The van der Waals surface area contributed by atoms with E-state index in [2.05, 4.69) is 4.99 Å². The second-order valence-corrected chi connectivity index (χ2v) is 3.53. The van der Waals surface area contributed by atoms with Gasteiger partial charge in [0.2, 0.25) is 0 Å². The summed E-state index contributed by atoms with van der Waals surface area (Å²) >= 11 is 0. The molecule has 0 atom stereocenters. The van der Waals surface area contributed by atoms with E-state index in [1.165, 1.54) is 6.07 Å². The van der Waals surface area contributed by atoms with E-state index in [-0.39, 0.29) is 5.56 Å². The Morgan fingerprint density at radius 1 is 1.31 bits per heavy atom. The topological polar surface area (TPSA) is 62.8 Å². The van der Waals surface area contributed by atoms with Gasteiger partial charge in [0.05, 0.1) is 5.56 Å². The van der Waals surface area contributed by atoms with Crippen LogP contribution in [0.15, 0.2) is 34.0 Å². The van der Waals surface area contributed by atoms with Gasteiger partial charge in [0.1, 0.15) is 11.8 Å². The molecular formula is C12H7NO3. The number of rotatable bonds is 1. The van der Waals surface area contributed by atoms with Crippen molar-refractivity contribution in [3.05, 3.63) is 41.3 Å². The average molecular weight is 213 g/mol. The number of carbonyl (C=O) groups is 1. The van der Waals surface area contributed by atoms with E-state index in [9.17, 15) is 4.79 Å². The van der Waals surface area contributed by atoms with Gasteiger partial charge in [-0.15, -0.1) is 0 Å². The molecule has 0 bridgehead atoms. The lowest BCUT2D eigenvalue weighted by Gasteiger charge is -1.99. The van der Waals surface area contributed by atoms with Crippen LogP contribution in [0.25, 0.3) is 17.0 Å². The molecule has 1 aromatic heterocycles. The van der Waals surface area contributed by atoms with Crippen LogP contribution in [0.3, 0.4) is 0 Å². The first-order chi connectivity index (χ1) is 7.75. The van der Waals surface area contributed by atoms with Gasteiger partial charge in [0.15, 0.2) is 0 Å². The van der Waals surface area contributed by atoms with Crippen LogP contribution < -0.4 is 0 Å². The van der Waals surface area contributed by atoms with E-state index in [0.29, 0.717) is 5.58 Å². The van der Waals surface area contributed by atoms with E-state index in [0.717, 1.165) is 16.5 Å². The largest absolute Gasteiger partial charge is 0.478 e. The van der Waals surface area contributed by atoms with Crippen LogP contribution in [0, 0.1) is 0 Å². The second-order valence-electron chi connectivity index (χ2n) is 3.53. The van der Waals surface area contributed by atoms with Crippen molar-refractivity contribution in [2.24, 2.45) is 4.99 Å². The zero-order valence-electron chi connectivity index (χ0n) is 8.18. The van der Waals surface area contributed by atoms with Gasteiger partial charge in [-0.25, -0.2) is 4.79 Å². The standard InChI is InChI=1S/C12H7NO3/c14-12(15)8-3-7-1-2-13-5-9-6-16-10(4-8)11(7)9/h1-6H,(H,14,15). The highest BCUT2D eigenvalue weighted by molar-refractivity contribution is 6.06. The first-order valence-electron chi connectivity index (χ1n) is 4.74. The van der Waals surface area contributed by atoms with Crippen LogP contribution in [0.2, 0.25) is 0 Å². The van der Waals surface area contributed by atoms with E-state index in [1.54, 1.807) is 30.8 Å². The van der Waals surface area contributed by atoms with E-state index in [4.69, 9.17) is 9.52 Å². The Balaban J connectivity index is 2.42. The van der Waals surface area contributed by atoms with Gasteiger partial charge < -0.3 is 9.52 Å². The number of carboxylic acid groups (broad SMARTS) is 1. The highest BCUT2D eigenvalue weighted by Crippen LogP contribution is 2.28. The maximum atomic E-state index is 10.9. The molecular weight excluding hydrogens is 206 g/mol. The van der Waals surface area contributed by atoms with Crippen LogP contribution in [0.4, 0.5) is 0 Å². The highest BCUT2D eigenvalue weighted by atomic mass is 16.4. The Bertz CT molecular complexity index is 650. The summed E-state index contributed by atoms with van der Waals surface area (Å²) in [6.07, 6.45) is 6.69. The minimum absolute atomic E-state index is 0.218. The van der Waals surface area contributed by atoms with Crippen molar-refractivity contribution < 1.29 is 14.3 Å². The Morgan fingerprint density at radius 3 is 3.00 bits per heavy atom. The quantitative estimate of drug-likeness (QED) is 0.791. The van der Waals surface area contributed by atoms with Gasteiger partial charge in [0.25, 0.3) is 0 Å². The number of furan rings is 1. The molecule has 0 unspecified atom stereocenters. The lowest BCUT2D eigenvalue weighted by molar-refractivity contribution is 0.0697. The summed E-state index contributed by atoms with van der Waals surface area (Å²) in [5.41, 5.74) is 2.47. The zero-order chi connectivity index (χ0) is 11.1. The summed E-state index contributed by atoms with van der Waals surface area (Å²) in [6, 6.07) is 3.15. The van der Waals surface area contributed by atoms with Gasteiger partial charge in [0, 0.05) is 23.4 Å². The molecule has 2 heterocycles. The van der Waals surface area contributed by atoms with E-state index in [1.807, 2.05) is 0 Å². The maximum absolute atomic E-state index is 10.9. The average Bonchev–Trinajstić information content (AvgIpc) is 2.55. The third-order valence-corrected chi connectivity index (χ3v) is 2.53. The highest BCUT2D eigenvalue weighted by Gasteiger charge is 2.14. The third-order valence-electron chi connectivity index (χ3n) is 2.53. The van der Waals surface area contributed by atoms with Gasteiger partial charge in [-0.1, -0.05) is 0 Å². The molecule has 0 saturated carbocycles. The number of aromatic carboxylic acids is 1. The summed E-state index contributed by atoms with van der Waals surface area (Å²) < 4.78 is 5.32. The lowest BCUT2D eigenvalue weighted by Crippen LogP contribution is -1.96. The number of hydrogen-bond donors (Lipinski definition) is 1. The maximum Gasteiger partial charge on any atom is 0.335 e. The summed E-state index contributed by atoms with van der Waals surface area (Å²) in [5, 5.41) is 9.87. The number of nitrogens with zero attached hydrogens (tertiary/aromatic N) is 1. The van der Waals surface area contributed by atoms with Crippen molar-refractivity contribution in [3.63, 3.8) is 0 Å². The van der Waals surface area contributed by atoms with E-state index < -0.39 is 5.97 Å². The third kappa shape index (κ3) is 1.16. The molecule has 16 heavy (non-hydrogen) atoms. The first kappa shape index (κ1) is 8.91.